The normalized spacial score (nSPS) is 21.8. The van der Waals surface area contributed by atoms with Crippen molar-refractivity contribution in [3.05, 3.63) is 23.5 Å². The number of nitriles is 1. The molecule has 1 amide bonds. The SMILES string of the molecule is N#Cc1cncc2c1OCCN(C(=O)C1CCNCCO1)C2. The molecule has 2 aliphatic heterocycles. The Labute approximate surface area is 128 Å². The maximum Gasteiger partial charge on any atom is 0.252 e. The molecule has 2 aliphatic rings. The number of rotatable bonds is 1. The van der Waals surface area contributed by atoms with Gasteiger partial charge >= 0.3 is 0 Å². The van der Waals surface area contributed by atoms with Gasteiger partial charge in [0.2, 0.25) is 0 Å². The minimum atomic E-state index is -0.413. The molecular formula is C15H18N4O3. The summed E-state index contributed by atoms with van der Waals surface area (Å²) < 4.78 is 11.3. The molecule has 1 aromatic rings. The second-order valence-electron chi connectivity index (χ2n) is 5.29. The summed E-state index contributed by atoms with van der Waals surface area (Å²) in [6, 6.07) is 2.07. The molecule has 1 N–H and O–H groups in total. The van der Waals surface area contributed by atoms with Crippen LogP contribution in [-0.4, -0.2) is 54.7 Å². The lowest BCUT2D eigenvalue weighted by Gasteiger charge is -2.24. The van der Waals surface area contributed by atoms with E-state index in [1.165, 1.54) is 6.20 Å². The lowest BCUT2D eigenvalue weighted by atomic mass is 10.1. The first kappa shape index (κ1) is 14.8. The average Bonchev–Trinajstić information content (AvgIpc) is 2.94. The van der Waals surface area contributed by atoms with E-state index in [2.05, 4.69) is 16.4 Å². The fourth-order valence-electron chi connectivity index (χ4n) is 2.70. The van der Waals surface area contributed by atoms with E-state index in [0.717, 1.165) is 18.7 Å². The quantitative estimate of drug-likeness (QED) is 0.789. The second-order valence-corrected chi connectivity index (χ2v) is 5.29. The molecule has 0 spiro atoms. The van der Waals surface area contributed by atoms with Gasteiger partial charge in [0.05, 0.1) is 19.7 Å². The molecule has 0 aromatic carbocycles. The molecule has 1 saturated heterocycles. The van der Waals surface area contributed by atoms with Crippen molar-refractivity contribution in [2.45, 2.75) is 19.1 Å². The number of aromatic nitrogens is 1. The molecule has 0 aliphatic carbocycles. The Morgan fingerprint density at radius 2 is 2.32 bits per heavy atom. The third kappa shape index (κ3) is 3.03. The van der Waals surface area contributed by atoms with Gasteiger partial charge in [-0.3, -0.25) is 9.78 Å². The maximum atomic E-state index is 12.7. The summed E-state index contributed by atoms with van der Waals surface area (Å²) in [6.45, 7) is 3.32. The minimum absolute atomic E-state index is 0.0255. The van der Waals surface area contributed by atoms with Crippen LogP contribution in [0.15, 0.2) is 12.4 Å². The molecule has 116 valence electrons. The number of hydrogen-bond acceptors (Lipinski definition) is 6. The lowest BCUT2D eigenvalue weighted by molar-refractivity contribution is -0.144. The largest absolute Gasteiger partial charge is 0.490 e. The van der Waals surface area contributed by atoms with Gasteiger partial charge in [0.1, 0.15) is 30.1 Å². The van der Waals surface area contributed by atoms with Crippen LogP contribution < -0.4 is 10.1 Å². The predicted octanol–water partition coefficient (Wildman–Crippen LogP) is 0.0528. The molecule has 22 heavy (non-hydrogen) atoms. The number of ether oxygens (including phenoxy) is 2. The van der Waals surface area contributed by atoms with Crippen LogP contribution in [0.3, 0.4) is 0 Å². The van der Waals surface area contributed by atoms with Crippen LogP contribution in [0.1, 0.15) is 17.5 Å². The first-order valence-corrected chi connectivity index (χ1v) is 7.40. The Hall–Kier alpha value is -2.17. The van der Waals surface area contributed by atoms with Crippen molar-refractivity contribution in [3.8, 4) is 11.8 Å². The summed E-state index contributed by atoms with van der Waals surface area (Å²) in [6.07, 6.45) is 3.39. The molecule has 1 atom stereocenters. The lowest BCUT2D eigenvalue weighted by Crippen LogP contribution is -2.41. The van der Waals surface area contributed by atoms with Crippen LogP contribution in [-0.2, 0) is 16.1 Å². The van der Waals surface area contributed by atoms with Crippen molar-refractivity contribution in [1.82, 2.24) is 15.2 Å². The van der Waals surface area contributed by atoms with E-state index >= 15 is 0 Å². The third-order valence-corrected chi connectivity index (χ3v) is 3.83. The molecule has 3 rings (SSSR count). The first-order chi connectivity index (χ1) is 10.8. The van der Waals surface area contributed by atoms with Gasteiger partial charge in [-0.2, -0.15) is 5.26 Å². The van der Waals surface area contributed by atoms with Gasteiger partial charge in [-0.25, -0.2) is 0 Å². The van der Waals surface area contributed by atoms with Crippen molar-refractivity contribution in [1.29, 1.82) is 5.26 Å². The topological polar surface area (TPSA) is 87.5 Å². The zero-order valence-electron chi connectivity index (χ0n) is 12.2. The van der Waals surface area contributed by atoms with E-state index in [-0.39, 0.29) is 5.91 Å². The van der Waals surface area contributed by atoms with E-state index < -0.39 is 6.10 Å². The summed E-state index contributed by atoms with van der Waals surface area (Å²) >= 11 is 0. The molecule has 3 heterocycles. The number of carbonyl (C=O) groups excluding carboxylic acids is 1. The first-order valence-electron chi connectivity index (χ1n) is 7.40. The van der Waals surface area contributed by atoms with Crippen LogP contribution in [0.2, 0.25) is 0 Å². The highest BCUT2D eigenvalue weighted by molar-refractivity contribution is 5.81. The van der Waals surface area contributed by atoms with Gasteiger partial charge in [-0.1, -0.05) is 0 Å². The van der Waals surface area contributed by atoms with Crippen LogP contribution >= 0.6 is 0 Å². The molecular weight excluding hydrogens is 284 g/mol. The highest BCUT2D eigenvalue weighted by atomic mass is 16.5. The monoisotopic (exact) mass is 302 g/mol. The zero-order valence-corrected chi connectivity index (χ0v) is 12.2. The van der Waals surface area contributed by atoms with E-state index in [0.29, 0.717) is 44.0 Å². The molecule has 1 unspecified atom stereocenters. The Bertz CT molecular complexity index is 591. The summed E-state index contributed by atoms with van der Waals surface area (Å²) in [5, 5.41) is 12.3. The van der Waals surface area contributed by atoms with E-state index in [4.69, 9.17) is 14.7 Å². The summed E-state index contributed by atoms with van der Waals surface area (Å²) in [5.41, 5.74) is 1.17. The number of carbonyl (C=O) groups is 1. The van der Waals surface area contributed by atoms with Crippen LogP contribution in [0, 0.1) is 11.3 Å². The van der Waals surface area contributed by atoms with E-state index in [1.807, 2.05) is 0 Å². The number of pyridine rings is 1. The summed E-state index contributed by atoms with van der Waals surface area (Å²) in [7, 11) is 0. The molecule has 1 fully saturated rings. The summed E-state index contributed by atoms with van der Waals surface area (Å²) in [5.74, 6) is 0.513. The average molecular weight is 302 g/mol. The number of fused-ring (bicyclic) bond motifs is 1. The van der Waals surface area contributed by atoms with E-state index in [1.54, 1.807) is 11.1 Å². The van der Waals surface area contributed by atoms with Crippen molar-refractivity contribution in [2.24, 2.45) is 0 Å². The van der Waals surface area contributed by atoms with Crippen molar-refractivity contribution in [3.63, 3.8) is 0 Å². The van der Waals surface area contributed by atoms with Gasteiger partial charge < -0.3 is 19.7 Å². The van der Waals surface area contributed by atoms with Crippen LogP contribution in [0.25, 0.3) is 0 Å². The van der Waals surface area contributed by atoms with Crippen LogP contribution in [0.5, 0.6) is 5.75 Å². The van der Waals surface area contributed by atoms with Gasteiger partial charge in [0.25, 0.3) is 5.91 Å². The Kier molecular flexibility index (Phi) is 4.51. The fourth-order valence-corrected chi connectivity index (χ4v) is 2.70. The molecule has 0 radical (unpaired) electrons. The van der Waals surface area contributed by atoms with Crippen molar-refractivity contribution < 1.29 is 14.3 Å². The number of nitrogens with zero attached hydrogens (tertiary/aromatic N) is 3. The van der Waals surface area contributed by atoms with Gasteiger partial charge in [-0.15, -0.1) is 0 Å². The molecule has 7 nitrogen and oxygen atoms in total. The Balaban J connectivity index is 1.78. The molecule has 1 aromatic heterocycles. The van der Waals surface area contributed by atoms with Gasteiger partial charge in [0.15, 0.2) is 0 Å². The Morgan fingerprint density at radius 1 is 1.41 bits per heavy atom. The van der Waals surface area contributed by atoms with E-state index in [9.17, 15) is 4.79 Å². The third-order valence-electron chi connectivity index (χ3n) is 3.83. The number of amides is 1. The van der Waals surface area contributed by atoms with Crippen LogP contribution in [0.4, 0.5) is 0 Å². The fraction of sp³-hybridized carbons (Fsp3) is 0.533. The van der Waals surface area contributed by atoms with Gasteiger partial charge in [0, 0.05) is 24.5 Å². The summed E-state index contributed by atoms with van der Waals surface area (Å²) in [4.78, 5) is 18.4. The minimum Gasteiger partial charge on any atom is -0.490 e. The molecule has 7 heteroatoms. The van der Waals surface area contributed by atoms with Crippen molar-refractivity contribution >= 4 is 5.91 Å². The maximum absolute atomic E-state index is 12.7. The zero-order chi connectivity index (χ0) is 15.4. The number of hydrogen-bond donors (Lipinski definition) is 1. The standard InChI is InChI=1S/C15H18N4O3/c16-7-11-8-18-9-12-10-19(4-6-22-14(11)12)15(20)13-1-2-17-3-5-21-13/h8-9,13,17H,1-6,10H2. The van der Waals surface area contributed by atoms with Crippen molar-refractivity contribution in [2.75, 3.05) is 32.8 Å². The molecule has 0 bridgehead atoms. The Morgan fingerprint density at radius 3 is 3.18 bits per heavy atom. The second kappa shape index (κ2) is 6.73. The highest BCUT2D eigenvalue weighted by Crippen LogP contribution is 2.26. The smallest absolute Gasteiger partial charge is 0.252 e. The predicted molar refractivity (Wildman–Crippen MR) is 77.1 cm³/mol. The highest BCUT2D eigenvalue weighted by Gasteiger charge is 2.28. The molecule has 0 saturated carbocycles. The number of nitrogens with one attached hydrogen (secondary N) is 1. The van der Waals surface area contributed by atoms with Gasteiger partial charge in [-0.05, 0) is 13.0 Å².